The summed E-state index contributed by atoms with van der Waals surface area (Å²) in [5, 5.41) is 0.0830. The van der Waals surface area contributed by atoms with Crippen LogP contribution in [0.4, 0.5) is 5.69 Å². The molecule has 2 saturated heterocycles. The molecule has 0 saturated carbocycles. The van der Waals surface area contributed by atoms with E-state index in [1.54, 1.807) is 18.9 Å². The second-order valence-electron chi connectivity index (χ2n) is 10.7. The summed E-state index contributed by atoms with van der Waals surface area (Å²) in [5.41, 5.74) is 0.485. The van der Waals surface area contributed by atoms with Gasteiger partial charge in [-0.15, -0.1) is 11.3 Å². The molecule has 1 aromatic carbocycles. The largest absolute Gasteiger partial charge is 0.495 e. The Morgan fingerprint density at radius 1 is 1.10 bits per heavy atom. The lowest BCUT2D eigenvalue weighted by atomic mass is 9.94. The summed E-state index contributed by atoms with van der Waals surface area (Å²) in [6.45, 7) is 8.76. The number of amides is 1. The highest BCUT2D eigenvalue weighted by molar-refractivity contribution is 7.89. The first-order valence-corrected chi connectivity index (χ1v) is 15.5. The van der Waals surface area contributed by atoms with Crippen molar-refractivity contribution in [1.82, 2.24) is 18.8 Å². The Morgan fingerprint density at radius 2 is 1.77 bits per heavy atom. The number of fused-ring (bicyclic) bond motifs is 1. The highest BCUT2D eigenvalue weighted by Gasteiger charge is 2.36. The van der Waals surface area contributed by atoms with Gasteiger partial charge in [0.25, 0.3) is 5.56 Å². The average molecular weight is 574 g/mol. The van der Waals surface area contributed by atoms with Crippen molar-refractivity contribution in [2.75, 3.05) is 51.3 Å². The molecule has 39 heavy (non-hydrogen) atoms. The zero-order chi connectivity index (χ0) is 27.9. The molecule has 210 valence electrons. The molecule has 0 aliphatic carbocycles. The third-order valence-electron chi connectivity index (χ3n) is 7.60. The van der Waals surface area contributed by atoms with Gasteiger partial charge in [-0.25, -0.2) is 13.4 Å². The smallest absolute Gasteiger partial charge is 0.263 e. The molecule has 0 unspecified atom stereocenters. The second kappa shape index (κ2) is 10.9. The van der Waals surface area contributed by atoms with Crippen LogP contribution in [0.25, 0.3) is 10.2 Å². The highest BCUT2D eigenvalue weighted by Crippen LogP contribution is 2.35. The van der Waals surface area contributed by atoms with E-state index in [9.17, 15) is 18.0 Å². The molecule has 0 spiro atoms. The third-order valence-corrected chi connectivity index (χ3v) is 10.7. The SMILES string of the molecule is COc1ccccc1N1CCN(C(=O)Cn2cnc3sc(C)c(S(=O)(=O)N4C[C@H](C)C[C@@H](C)C4)c3c2=O)CC1. The summed E-state index contributed by atoms with van der Waals surface area (Å²) >= 11 is 1.20. The number of carbonyl (C=O) groups is 1. The lowest BCUT2D eigenvalue weighted by Gasteiger charge is -2.36. The molecular weight excluding hydrogens is 538 g/mol. The number of aryl methyl sites for hydroxylation is 1. The van der Waals surface area contributed by atoms with Crippen LogP contribution in [0.1, 0.15) is 25.1 Å². The van der Waals surface area contributed by atoms with Gasteiger partial charge in [-0.05, 0) is 37.3 Å². The number of para-hydroxylation sites is 2. The molecule has 0 bridgehead atoms. The quantitative estimate of drug-likeness (QED) is 0.447. The summed E-state index contributed by atoms with van der Waals surface area (Å²) in [7, 11) is -2.25. The molecule has 2 fully saturated rings. The van der Waals surface area contributed by atoms with Crippen molar-refractivity contribution in [3.8, 4) is 5.75 Å². The Bertz CT molecular complexity index is 1530. The molecule has 0 radical (unpaired) electrons. The van der Waals surface area contributed by atoms with Crippen LogP contribution in [-0.4, -0.2) is 79.5 Å². The van der Waals surface area contributed by atoms with E-state index < -0.39 is 15.6 Å². The molecule has 0 N–H and O–H groups in total. The number of thiophene rings is 1. The van der Waals surface area contributed by atoms with Crippen molar-refractivity contribution in [3.05, 3.63) is 45.8 Å². The van der Waals surface area contributed by atoms with Gasteiger partial charge >= 0.3 is 0 Å². The minimum atomic E-state index is -3.89. The number of hydrogen-bond donors (Lipinski definition) is 0. The van der Waals surface area contributed by atoms with E-state index in [2.05, 4.69) is 9.88 Å². The number of aromatic nitrogens is 2. The number of methoxy groups -OCH3 is 1. The van der Waals surface area contributed by atoms with E-state index in [1.165, 1.54) is 26.5 Å². The summed E-state index contributed by atoms with van der Waals surface area (Å²) in [4.78, 5) is 36.0. The monoisotopic (exact) mass is 573 g/mol. The minimum absolute atomic E-state index is 0.0357. The molecule has 5 rings (SSSR count). The van der Waals surface area contributed by atoms with E-state index in [4.69, 9.17) is 4.74 Å². The van der Waals surface area contributed by atoms with Gasteiger partial charge in [-0.2, -0.15) is 4.31 Å². The summed E-state index contributed by atoms with van der Waals surface area (Å²) < 4.78 is 35.8. The zero-order valence-corrected chi connectivity index (χ0v) is 24.4. The fourth-order valence-corrected chi connectivity index (χ4v) is 9.15. The van der Waals surface area contributed by atoms with Crippen LogP contribution in [0, 0.1) is 18.8 Å². The maximum atomic E-state index is 13.8. The predicted octanol–water partition coefficient (Wildman–Crippen LogP) is 2.79. The van der Waals surface area contributed by atoms with Crippen LogP contribution < -0.4 is 15.2 Å². The van der Waals surface area contributed by atoms with Crippen molar-refractivity contribution < 1.29 is 17.9 Å². The van der Waals surface area contributed by atoms with Crippen molar-refractivity contribution in [2.45, 2.75) is 38.6 Å². The average Bonchev–Trinajstić information content (AvgIpc) is 3.27. The second-order valence-corrected chi connectivity index (χ2v) is 13.7. The number of sulfonamides is 1. The lowest BCUT2D eigenvalue weighted by Crippen LogP contribution is -2.50. The van der Waals surface area contributed by atoms with Crippen LogP contribution in [0.15, 0.2) is 40.3 Å². The van der Waals surface area contributed by atoms with Crippen LogP contribution in [0.5, 0.6) is 5.75 Å². The standard InChI is InChI=1S/C27H35N5O5S2/c1-18-13-19(2)15-32(14-18)39(35,36)25-20(3)38-26-24(25)27(34)31(17-28-26)16-23(33)30-11-9-29(10-12-30)21-7-5-6-8-22(21)37-4/h5-8,17-19H,9-16H2,1-4H3/t18-,19-/m1/s1. The molecule has 2 aliphatic rings. The Labute approximate surface area is 232 Å². The fraction of sp³-hybridized carbons (Fsp3) is 0.519. The van der Waals surface area contributed by atoms with E-state index in [0.29, 0.717) is 49.0 Å². The normalized spacial score (nSPS) is 20.9. The van der Waals surface area contributed by atoms with Crippen LogP contribution in [0.2, 0.25) is 0 Å². The number of hydrogen-bond acceptors (Lipinski definition) is 8. The first kappa shape index (κ1) is 27.6. The van der Waals surface area contributed by atoms with Crippen LogP contribution in [-0.2, 0) is 21.4 Å². The number of rotatable bonds is 6. The van der Waals surface area contributed by atoms with E-state index in [1.807, 2.05) is 38.1 Å². The van der Waals surface area contributed by atoms with Gasteiger partial charge in [0.15, 0.2) is 0 Å². The topological polar surface area (TPSA) is 105 Å². The summed E-state index contributed by atoms with van der Waals surface area (Å²) in [6.07, 6.45) is 2.32. The molecule has 10 nitrogen and oxygen atoms in total. The van der Waals surface area contributed by atoms with Gasteiger partial charge in [-0.1, -0.05) is 26.0 Å². The number of piperidine rings is 1. The van der Waals surface area contributed by atoms with Crippen molar-refractivity contribution in [2.24, 2.45) is 11.8 Å². The summed E-state index contributed by atoms with van der Waals surface area (Å²) in [5.74, 6) is 1.07. The number of piperazine rings is 1. The molecular formula is C27H35N5O5S2. The number of anilines is 1. The lowest BCUT2D eigenvalue weighted by molar-refractivity contribution is -0.132. The van der Waals surface area contributed by atoms with Gasteiger partial charge in [0.1, 0.15) is 22.0 Å². The van der Waals surface area contributed by atoms with Crippen LogP contribution in [0.3, 0.4) is 0 Å². The van der Waals surface area contributed by atoms with E-state index in [0.717, 1.165) is 17.9 Å². The van der Waals surface area contributed by atoms with Crippen molar-refractivity contribution >= 4 is 43.2 Å². The van der Waals surface area contributed by atoms with E-state index >= 15 is 0 Å². The molecule has 4 heterocycles. The van der Waals surface area contributed by atoms with Gasteiger partial charge in [0, 0.05) is 44.1 Å². The molecule has 3 aromatic rings. The van der Waals surface area contributed by atoms with Gasteiger partial charge in [-0.3, -0.25) is 14.2 Å². The van der Waals surface area contributed by atoms with Gasteiger partial charge < -0.3 is 14.5 Å². The summed E-state index contributed by atoms with van der Waals surface area (Å²) in [6, 6.07) is 7.79. The van der Waals surface area contributed by atoms with Gasteiger partial charge in [0.05, 0.1) is 24.5 Å². The van der Waals surface area contributed by atoms with Crippen molar-refractivity contribution in [3.63, 3.8) is 0 Å². The number of carbonyl (C=O) groups excluding carboxylic acids is 1. The maximum Gasteiger partial charge on any atom is 0.263 e. The first-order chi connectivity index (χ1) is 18.6. The molecule has 2 aliphatic heterocycles. The van der Waals surface area contributed by atoms with Gasteiger partial charge in [0.2, 0.25) is 15.9 Å². The molecule has 2 aromatic heterocycles. The molecule has 12 heteroatoms. The number of ether oxygens (including phenoxy) is 1. The number of nitrogens with zero attached hydrogens (tertiary/aromatic N) is 5. The highest BCUT2D eigenvalue weighted by atomic mass is 32.2. The molecule has 2 atom stereocenters. The zero-order valence-electron chi connectivity index (χ0n) is 22.8. The first-order valence-electron chi connectivity index (χ1n) is 13.2. The third kappa shape index (κ3) is 5.29. The Balaban J connectivity index is 1.36. The Morgan fingerprint density at radius 3 is 2.44 bits per heavy atom. The predicted molar refractivity (Wildman–Crippen MR) is 152 cm³/mol. The molecule has 1 amide bonds. The number of benzene rings is 1. The Kier molecular flexibility index (Phi) is 7.71. The van der Waals surface area contributed by atoms with Crippen molar-refractivity contribution in [1.29, 1.82) is 0 Å². The fourth-order valence-electron chi connectivity index (χ4n) is 5.80. The van der Waals surface area contributed by atoms with Crippen LogP contribution >= 0.6 is 11.3 Å². The van der Waals surface area contributed by atoms with E-state index in [-0.39, 0.29) is 34.6 Å². The minimum Gasteiger partial charge on any atom is -0.495 e. The maximum absolute atomic E-state index is 13.8. The Hall–Kier alpha value is -2.96.